The lowest BCUT2D eigenvalue weighted by molar-refractivity contribution is -0.388. The molecule has 2 N–H and O–H groups in total. The van der Waals surface area contributed by atoms with Crippen LogP contribution >= 0.6 is 11.8 Å². The van der Waals surface area contributed by atoms with Gasteiger partial charge in [0, 0.05) is 12.1 Å². The van der Waals surface area contributed by atoms with Crippen molar-refractivity contribution in [3.8, 4) is 11.5 Å². The number of thioether (sulfide) groups is 1. The number of rotatable bonds is 11. The molecule has 33 heavy (non-hydrogen) atoms. The molecule has 178 valence electrons. The third kappa shape index (κ3) is 7.06. The van der Waals surface area contributed by atoms with Crippen LogP contribution < -0.4 is 19.5 Å². The fourth-order valence-electron chi connectivity index (χ4n) is 2.51. The van der Waals surface area contributed by atoms with Crippen LogP contribution in [0.15, 0.2) is 46.2 Å². The van der Waals surface area contributed by atoms with Crippen LogP contribution in [-0.2, 0) is 24.3 Å². The molecule has 0 radical (unpaired) electrons. The number of nitrogens with one attached hydrogen (secondary N) is 2. The molecular weight excluding hydrogens is 478 g/mol. The van der Waals surface area contributed by atoms with Gasteiger partial charge in [0.25, 0.3) is 11.6 Å². The van der Waals surface area contributed by atoms with Crippen LogP contribution in [-0.4, -0.2) is 58.8 Å². The first-order valence-electron chi connectivity index (χ1n) is 9.11. The topological polar surface area (TPSA) is 163 Å². The SMILES string of the molecule is COc1ccc(OC)c(NC(=O)COC(=O)CNS(=O)(=O)c2ccc(SC)c([N+](=O)[O-])c2)c1. The zero-order valence-corrected chi connectivity index (χ0v) is 19.4. The highest BCUT2D eigenvalue weighted by molar-refractivity contribution is 7.98. The zero-order valence-electron chi connectivity index (χ0n) is 17.8. The molecule has 1 amide bonds. The molecule has 0 aliphatic carbocycles. The number of amides is 1. The van der Waals surface area contributed by atoms with Gasteiger partial charge in [0.1, 0.15) is 18.0 Å². The lowest BCUT2D eigenvalue weighted by atomic mass is 10.2. The van der Waals surface area contributed by atoms with Crippen molar-refractivity contribution < 1.29 is 37.1 Å². The van der Waals surface area contributed by atoms with Crippen molar-refractivity contribution in [2.75, 3.05) is 38.9 Å². The molecule has 0 aliphatic heterocycles. The van der Waals surface area contributed by atoms with E-state index in [0.29, 0.717) is 11.5 Å². The second kappa shape index (κ2) is 11.5. The van der Waals surface area contributed by atoms with Crippen molar-refractivity contribution in [3.05, 3.63) is 46.5 Å². The van der Waals surface area contributed by atoms with E-state index in [0.717, 1.165) is 17.8 Å². The Morgan fingerprint density at radius 3 is 2.45 bits per heavy atom. The number of ether oxygens (including phenoxy) is 3. The van der Waals surface area contributed by atoms with Crippen molar-refractivity contribution >= 4 is 45.0 Å². The van der Waals surface area contributed by atoms with Crippen LogP contribution in [0, 0.1) is 10.1 Å². The van der Waals surface area contributed by atoms with E-state index < -0.39 is 40.0 Å². The molecule has 0 unspecified atom stereocenters. The third-order valence-corrected chi connectivity index (χ3v) is 6.29. The van der Waals surface area contributed by atoms with E-state index in [9.17, 15) is 28.1 Å². The molecule has 14 heteroatoms. The first-order valence-corrected chi connectivity index (χ1v) is 11.8. The van der Waals surface area contributed by atoms with Crippen molar-refractivity contribution in [1.82, 2.24) is 4.72 Å². The van der Waals surface area contributed by atoms with E-state index in [1.165, 1.54) is 32.4 Å². The Bertz CT molecular complexity index is 1150. The Hall–Kier alpha value is -3.36. The molecule has 0 fully saturated rings. The summed E-state index contributed by atoms with van der Waals surface area (Å²) in [4.78, 5) is 34.3. The summed E-state index contributed by atoms with van der Waals surface area (Å²) in [7, 11) is -1.38. The highest BCUT2D eigenvalue weighted by atomic mass is 32.2. The van der Waals surface area contributed by atoms with E-state index in [1.807, 2.05) is 4.72 Å². The summed E-state index contributed by atoms with van der Waals surface area (Å²) in [5.41, 5.74) is -0.0912. The smallest absolute Gasteiger partial charge is 0.321 e. The normalized spacial score (nSPS) is 10.9. The minimum absolute atomic E-state index is 0.286. The Morgan fingerprint density at radius 2 is 1.85 bits per heavy atom. The first kappa shape index (κ1) is 25.9. The van der Waals surface area contributed by atoms with E-state index in [2.05, 4.69) is 5.32 Å². The van der Waals surface area contributed by atoms with Crippen molar-refractivity contribution in [2.45, 2.75) is 9.79 Å². The number of nitrogens with zero attached hydrogens (tertiary/aromatic N) is 1. The van der Waals surface area contributed by atoms with Crippen LogP contribution in [0.3, 0.4) is 0 Å². The standard InChI is InChI=1S/C19H21N3O9S2/c1-29-12-4-6-16(30-2)14(8-12)21-18(23)11-31-19(24)10-20-33(27,28)13-5-7-17(32-3)15(9-13)22(25)26/h4-9,20H,10-11H2,1-3H3,(H,21,23). The van der Waals surface area contributed by atoms with Gasteiger partial charge < -0.3 is 19.5 Å². The summed E-state index contributed by atoms with van der Waals surface area (Å²) >= 11 is 1.09. The second-order valence-corrected chi connectivity index (χ2v) is 8.81. The number of anilines is 1. The highest BCUT2D eigenvalue weighted by Gasteiger charge is 2.22. The monoisotopic (exact) mass is 499 g/mol. The maximum atomic E-state index is 12.4. The van der Waals surface area contributed by atoms with Gasteiger partial charge in [0.2, 0.25) is 10.0 Å². The molecule has 2 rings (SSSR count). The number of nitro benzene ring substituents is 1. The Labute approximate surface area is 193 Å². The van der Waals surface area contributed by atoms with Gasteiger partial charge in [-0.1, -0.05) is 0 Å². The number of esters is 1. The summed E-state index contributed by atoms with van der Waals surface area (Å²) in [6, 6.07) is 8.09. The zero-order chi connectivity index (χ0) is 24.6. The molecule has 0 spiro atoms. The molecule has 12 nitrogen and oxygen atoms in total. The number of methoxy groups -OCH3 is 2. The van der Waals surface area contributed by atoms with Crippen molar-refractivity contribution in [3.63, 3.8) is 0 Å². The van der Waals surface area contributed by atoms with Crippen LogP contribution in [0.4, 0.5) is 11.4 Å². The molecular formula is C19H21N3O9S2. The van der Waals surface area contributed by atoms with E-state index in [4.69, 9.17) is 14.2 Å². The number of nitro groups is 1. The molecule has 0 atom stereocenters. The summed E-state index contributed by atoms with van der Waals surface area (Å²) in [6.45, 7) is -1.47. The first-order chi connectivity index (χ1) is 15.6. The Balaban J connectivity index is 1.94. The number of carbonyl (C=O) groups excluding carboxylic acids is 2. The van der Waals surface area contributed by atoms with Gasteiger partial charge in [-0.2, -0.15) is 4.72 Å². The Kier molecular flexibility index (Phi) is 9.02. The lowest BCUT2D eigenvalue weighted by Gasteiger charge is -2.12. The largest absolute Gasteiger partial charge is 0.497 e. The number of benzene rings is 2. The van der Waals surface area contributed by atoms with Gasteiger partial charge in [-0.05, 0) is 30.5 Å². The predicted octanol–water partition coefficient (Wildman–Crippen LogP) is 1.79. The van der Waals surface area contributed by atoms with Crippen LogP contribution in [0.2, 0.25) is 0 Å². The minimum atomic E-state index is -4.24. The van der Waals surface area contributed by atoms with Crippen molar-refractivity contribution in [1.29, 1.82) is 0 Å². The van der Waals surface area contributed by atoms with Gasteiger partial charge in [-0.25, -0.2) is 8.42 Å². The average Bonchev–Trinajstić information content (AvgIpc) is 2.80. The molecule has 2 aromatic rings. The maximum absolute atomic E-state index is 12.4. The molecule has 0 saturated carbocycles. The van der Waals surface area contributed by atoms with E-state index >= 15 is 0 Å². The van der Waals surface area contributed by atoms with Crippen LogP contribution in [0.5, 0.6) is 11.5 Å². The third-order valence-electron chi connectivity index (χ3n) is 4.11. The highest BCUT2D eigenvalue weighted by Crippen LogP contribution is 2.30. The maximum Gasteiger partial charge on any atom is 0.321 e. The van der Waals surface area contributed by atoms with Gasteiger partial charge in [-0.15, -0.1) is 11.8 Å². The van der Waals surface area contributed by atoms with Crippen molar-refractivity contribution in [2.24, 2.45) is 0 Å². The molecule has 0 saturated heterocycles. The molecule has 0 bridgehead atoms. The van der Waals surface area contributed by atoms with Gasteiger partial charge >= 0.3 is 5.97 Å². The van der Waals surface area contributed by atoms with Gasteiger partial charge in [-0.3, -0.25) is 19.7 Å². The lowest BCUT2D eigenvalue weighted by Crippen LogP contribution is -2.32. The fraction of sp³-hybridized carbons (Fsp3) is 0.263. The molecule has 0 heterocycles. The van der Waals surface area contributed by atoms with E-state index in [1.54, 1.807) is 18.4 Å². The number of carbonyl (C=O) groups is 2. The quantitative estimate of drug-likeness (QED) is 0.202. The second-order valence-electron chi connectivity index (χ2n) is 6.19. The van der Waals surface area contributed by atoms with E-state index in [-0.39, 0.29) is 21.2 Å². The van der Waals surface area contributed by atoms with Crippen LogP contribution in [0.1, 0.15) is 0 Å². The fourth-order valence-corrected chi connectivity index (χ4v) is 4.05. The summed E-state index contributed by atoms with van der Waals surface area (Å²) in [5, 5.41) is 13.6. The van der Waals surface area contributed by atoms with Crippen LogP contribution in [0.25, 0.3) is 0 Å². The van der Waals surface area contributed by atoms with Gasteiger partial charge in [0.15, 0.2) is 6.61 Å². The average molecular weight is 500 g/mol. The molecule has 2 aromatic carbocycles. The number of hydrogen-bond donors (Lipinski definition) is 2. The molecule has 0 aliphatic rings. The number of sulfonamides is 1. The number of hydrogen-bond acceptors (Lipinski definition) is 10. The summed E-state index contributed by atoms with van der Waals surface area (Å²) in [5.74, 6) is -0.907. The molecule has 0 aromatic heterocycles. The Morgan fingerprint density at radius 1 is 1.12 bits per heavy atom. The summed E-state index contributed by atoms with van der Waals surface area (Å²) < 4.78 is 41.7. The minimum Gasteiger partial charge on any atom is -0.497 e. The summed E-state index contributed by atoms with van der Waals surface area (Å²) in [6.07, 6.45) is 1.62. The predicted molar refractivity (Wildman–Crippen MR) is 119 cm³/mol. The van der Waals surface area contributed by atoms with Gasteiger partial charge in [0.05, 0.1) is 34.6 Å².